The van der Waals surface area contributed by atoms with Gasteiger partial charge in [-0.1, -0.05) is 84.2 Å². The van der Waals surface area contributed by atoms with Crippen molar-refractivity contribution in [3.8, 4) is 0 Å². The number of benzene rings is 2. The van der Waals surface area contributed by atoms with Crippen LogP contribution in [0.1, 0.15) is 99.6 Å². The predicted octanol–water partition coefficient (Wildman–Crippen LogP) is 9.33. The molecule has 2 aromatic carbocycles. The first-order valence-corrected chi connectivity index (χ1v) is 18.0. The van der Waals surface area contributed by atoms with E-state index in [1.54, 1.807) is 13.8 Å². The lowest BCUT2D eigenvalue weighted by molar-refractivity contribution is -0.143. The molecule has 0 fully saturated rings. The summed E-state index contributed by atoms with van der Waals surface area (Å²) >= 11 is 25.4. The van der Waals surface area contributed by atoms with E-state index in [2.05, 4.69) is 23.4 Å². The third-order valence-corrected chi connectivity index (χ3v) is 9.88. The van der Waals surface area contributed by atoms with Crippen molar-refractivity contribution in [2.45, 2.75) is 77.3 Å². The molecule has 0 aliphatic heterocycles. The predicted molar refractivity (Wildman–Crippen MR) is 202 cm³/mol. The molecule has 52 heavy (non-hydrogen) atoms. The first kappa shape index (κ1) is 40.5. The van der Waals surface area contributed by atoms with Gasteiger partial charge in [0, 0.05) is 27.6 Å². The third-order valence-electron chi connectivity index (χ3n) is 8.78. The summed E-state index contributed by atoms with van der Waals surface area (Å²) in [4.78, 5) is 54.6. The Morgan fingerprint density at radius 2 is 1.13 bits per heavy atom. The first-order valence-electron chi connectivity index (χ1n) is 16.5. The number of aryl methyl sites for hydroxylation is 2. The molecule has 0 saturated heterocycles. The molecule has 274 valence electrons. The van der Waals surface area contributed by atoms with E-state index in [0.29, 0.717) is 42.1 Å². The summed E-state index contributed by atoms with van der Waals surface area (Å²) < 4.78 is 2.84. The molecule has 0 spiro atoms. The summed E-state index contributed by atoms with van der Waals surface area (Å²) in [6.07, 6.45) is 5.52. The molecule has 10 nitrogen and oxygen atoms in total. The highest BCUT2D eigenvalue weighted by Gasteiger charge is 2.52. The number of hydrogen-bond donors (Lipinski definition) is 2. The summed E-state index contributed by atoms with van der Waals surface area (Å²) in [6.45, 7) is 10.9. The molecule has 2 heterocycles. The number of hydrogen-bond acceptors (Lipinski definition) is 6. The van der Waals surface area contributed by atoms with Gasteiger partial charge in [-0.25, -0.2) is 0 Å². The Labute approximate surface area is 321 Å². The largest absolute Gasteiger partial charge is 0.481 e. The zero-order valence-electron chi connectivity index (χ0n) is 28.7. The lowest BCUT2D eigenvalue weighted by atomic mass is 9.71. The molecule has 2 N–H and O–H groups in total. The Kier molecular flexibility index (Phi) is 13.7. The van der Waals surface area contributed by atoms with Gasteiger partial charge < -0.3 is 10.2 Å². The molecule has 0 aliphatic carbocycles. The number of aliphatic carboxylic acids is 2. The van der Waals surface area contributed by atoms with Crippen molar-refractivity contribution >= 4 is 69.9 Å². The van der Waals surface area contributed by atoms with Gasteiger partial charge >= 0.3 is 11.9 Å². The SMILES string of the molecule is C=CCn1nc(C)c(C(=O)c2ccc(Cl)cc2Cl)c1C(CCCCCCCC(=O)O)(C(=O)O)c1c(C(=O)c2ccc(Cl)cc2Cl)c(C)nn1CC=C. The molecule has 0 aliphatic rings. The number of unbranched alkanes of at least 4 members (excludes halogenated alkanes) is 4. The molecule has 4 rings (SSSR count). The molecule has 0 saturated carbocycles. The van der Waals surface area contributed by atoms with Crippen LogP contribution in [0.2, 0.25) is 20.1 Å². The fraction of sp³-hybridized carbons (Fsp3) is 0.316. The Morgan fingerprint density at radius 3 is 1.52 bits per heavy atom. The Morgan fingerprint density at radius 1 is 0.712 bits per heavy atom. The average Bonchev–Trinajstić information content (AvgIpc) is 3.57. The van der Waals surface area contributed by atoms with Crippen LogP contribution < -0.4 is 0 Å². The molecule has 0 amide bonds. The standard InChI is InChI=1S/C38H38Cl4N4O6/c1-5-18-45-35(31(22(3)43-45)33(49)26-15-13-24(39)20-28(26)41)38(37(51)52,17-11-9-7-8-10-12-30(47)48)36-32(23(4)44-46(36)19-6-2)34(50)27-16-14-25(40)21-29(27)42/h5-6,13-16,20-21H,1-2,7-12,17-19H2,3-4H3,(H,47,48)(H,51,52). The quantitative estimate of drug-likeness (QED) is 0.0544. The van der Waals surface area contributed by atoms with E-state index in [4.69, 9.17) is 51.5 Å². The van der Waals surface area contributed by atoms with Crippen LogP contribution in [0, 0.1) is 13.8 Å². The van der Waals surface area contributed by atoms with Crippen LogP contribution in [0.15, 0.2) is 61.7 Å². The number of aromatic nitrogens is 4. The van der Waals surface area contributed by atoms with Gasteiger partial charge in [0.05, 0.1) is 57.0 Å². The van der Waals surface area contributed by atoms with E-state index in [-0.39, 0.29) is 81.0 Å². The maximum Gasteiger partial charge on any atom is 0.321 e. The molecule has 0 unspecified atom stereocenters. The Balaban J connectivity index is 2.10. The highest BCUT2D eigenvalue weighted by molar-refractivity contribution is 6.38. The van der Waals surface area contributed by atoms with Gasteiger partial charge in [0.2, 0.25) is 0 Å². The molecule has 0 bridgehead atoms. The van der Waals surface area contributed by atoms with Crippen molar-refractivity contribution in [1.82, 2.24) is 19.6 Å². The lowest BCUT2D eigenvalue weighted by Crippen LogP contribution is -2.44. The van der Waals surface area contributed by atoms with Gasteiger partial charge in [-0.05, 0) is 63.1 Å². The van der Waals surface area contributed by atoms with E-state index in [9.17, 15) is 24.3 Å². The Hall–Kier alpha value is -4.22. The molecular formula is C38H38Cl4N4O6. The molecule has 14 heteroatoms. The molecular weight excluding hydrogens is 750 g/mol. The van der Waals surface area contributed by atoms with E-state index in [1.807, 2.05) is 0 Å². The second kappa shape index (κ2) is 17.5. The number of carboxylic acids is 2. The summed E-state index contributed by atoms with van der Waals surface area (Å²) in [5.74, 6) is -3.44. The van der Waals surface area contributed by atoms with E-state index in [0.717, 1.165) is 0 Å². The summed E-state index contributed by atoms with van der Waals surface area (Å²) in [7, 11) is 0. The summed E-state index contributed by atoms with van der Waals surface area (Å²) in [5.41, 5.74) is -1.51. The number of nitrogens with zero attached hydrogens (tertiary/aromatic N) is 4. The average molecular weight is 789 g/mol. The number of allylic oxidation sites excluding steroid dienone is 2. The zero-order valence-corrected chi connectivity index (χ0v) is 31.7. The maximum atomic E-state index is 14.6. The minimum absolute atomic E-state index is 0.0122. The van der Waals surface area contributed by atoms with Gasteiger partial charge in [-0.2, -0.15) is 10.2 Å². The highest BCUT2D eigenvalue weighted by Crippen LogP contribution is 2.45. The van der Waals surface area contributed by atoms with E-state index < -0.39 is 28.9 Å². The van der Waals surface area contributed by atoms with Crippen LogP contribution in [0.4, 0.5) is 0 Å². The van der Waals surface area contributed by atoms with E-state index >= 15 is 0 Å². The summed E-state index contributed by atoms with van der Waals surface area (Å²) in [5, 5.41) is 30.8. The maximum absolute atomic E-state index is 14.6. The van der Waals surface area contributed by atoms with Gasteiger partial charge in [-0.15, -0.1) is 13.2 Å². The van der Waals surface area contributed by atoms with Crippen LogP contribution in [-0.2, 0) is 28.1 Å². The second-order valence-electron chi connectivity index (χ2n) is 12.3. The van der Waals surface area contributed by atoms with E-state index in [1.165, 1.54) is 57.9 Å². The van der Waals surface area contributed by atoms with Gasteiger partial charge in [0.1, 0.15) is 0 Å². The molecule has 4 aromatic rings. The first-order chi connectivity index (χ1) is 24.7. The number of carbonyl (C=O) groups is 4. The van der Waals surface area contributed by atoms with Gasteiger partial charge in [0.25, 0.3) is 0 Å². The van der Waals surface area contributed by atoms with Crippen molar-refractivity contribution in [1.29, 1.82) is 0 Å². The number of carboxylic acid groups (broad SMARTS) is 2. The highest BCUT2D eigenvalue weighted by atomic mass is 35.5. The van der Waals surface area contributed by atoms with Gasteiger partial charge in [-0.3, -0.25) is 28.5 Å². The van der Waals surface area contributed by atoms with Crippen molar-refractivity contribution in [3.63, 3.8) is 0 Å². The second-order valence-corrected chi connectivity index (χ2v) is 14.0. The number of rotatable bonds is 19. The summed E-state index contributed by atoms with van der Waals surface area (Å²) in [6, 6.07) is 8.78. The topological polar surface area (TPSA) is 144 Å². The third kappa shape index (κ3) is 8.36. The lowest BCUT2D eigenvalue weighted by Gasteiger charge is -2.33. The molecule has 0 atom stereocenters. The van der Waals surface area contributed by atoms with Crippen LogP contribution in [-0.4, -0.2) is 53.3 Å². The number of halogens is 4. The molecule has 2 aromatic heterocycles. The van der Waals surface area contributed by atoms with Gasteiger partial charge in [0.15, 0.2) is 17.0 Å². The number of carbonyl (C=O) groups excluding carboxylic acids is 2. The van der Waals surface area contributed by atoms with Crippen LogP contribution in [0.5, 0.6) is 0 Å². The Bertz CT molecular complexity index is 1930. The number of ketones is 2. The van der Waals surface area contributed by atoms with Crippen LogP contribution in [0.3, 0.4) is 0 Å². The van der Waals surface area contributed by atoms with Crippen molar-refractivity contribution in [2.75, 3.05) is 0 Å². The minimum Gasteiger partial charge on any atom is -0.481 e. The van der Waals surface area contributed by atoms with Crippen molar-refractivity contribution < 1.29 is 29.4 Å². The zero-order chi connectivity index (χ0) is 38.3. The minimum atomic E-state index is -2.12. The molecule has 0 radical (unpaired) electrons. The normalized spacial score (nSPS) is 11.4. The smallest absolute Gasteiger partial charge is 0.321 e. The fourth-order valence-corrected chi connectivity index (χ4v) is 7.54. The van der Waals surface area contributed by atoms with Crippen LogP contribution >= 0.6 is 46.4 Å². The van der Waals surface area contributed by atoms with Crippen molar-refractivity contribution in [2.24, 2.45) is 0 Å². The van der Waals surface area contributed by atoms with Crippen molar-refractivity contribution in [3.05, 3.63) is 127 Å². The fourth-order valence-electron chi connectivity index (χ4n) is 6.55. The monoisotopic (exact) mass is 786 g/mol. The van der Waals surface area contributed by atoms with Crippen LogP contribution in [0.25, 0.3) is 0 Å².